The van der Waals surface area contributed by atoms with Crippen molar-refractivity contribution in [1.29, 1.82) is 0 Å². The van der Waals surface area contributed by atoms with Gasteiger partial charge in [-0.05, 0) is 25.0 Å². The number of nitrogens with one attached hydrogen (secondary N) is 1. The molecule has 2 aromatic rings. The van der Waals surface area contributed by atoms with Gasteiger partial charge in [0, 0.05) is 30.2 Å². The minimum absolute atomic E-state index is 0.207. The summed E-state index contributed by atoms with van der Waals surface area (Å²) in [6.07, 6.45) is 3.68. The topological polar surface area (TPSA) is 29.9 Å². The van der Waals surface area contributed by atoms with Crippen molar-refractivity contribution in [2.75, 3.05) is 5.32 Å². The zero-order valence-electron chi connectivity index (χ0n) is 10.9. The molecule has 0 unspecified atom stereocenters. The van der Waals surface area contributed by atoms with E-state index in [1.807, 2.05) is 16.8 Å². The predicted octanol–water partition coefficient (Wildman–Crippen LogP) is 3.73. The highest BCUT2D eigenvalue weighted by Crippen LogP contribution is 2.21. The maximum atomic E-state index is 13.5. The molecule has 4 heteroatoms. The van der Waals surface area contributed by atoms with Gasteiger partial charge in [0.1, 0.15) is 5.82 Å². The van der Waals surface area contributed by atoms with Crippen molar-refractivity contribution in [3.05, 3.63) is 42.0 Å². The lowest BCUT2D eigenvalue weighted by Crippen LogP contribution is -2.08. The van der Waals surface area contributed by atoms with Crippen LogP contribution in [0, 0.1) is 18.7 Å². The Balaban J connectivity index is 2.24. The average Bonchev–Trinajstić information content (AvgIpc) is 2.72. The zero-order valence-corrected chi connectivity index (χ0v) is 10.9. The molecule has 1 N–H and O–H groups in total. The van der Waals surface area contributed by atoms with Crippen LogP contribution in [0.15, 0.2) is 30.6 Å². The smallest absolute Gasteiger partial charge is 0.207 e. The number of aromatic nitrogens is 2. The minimum atomic E-state index is -0.207. The van der Waals surface area contributed by atoms with E-state index >= 15 is 0 Å². The monoisotopic (exact) mass is 247 g/mol. The van der Waals surface area contributed by atoms with E-state index < -0.39 is 0 Å². The molecule has 1 heterocycles. The summed E-state index contributed by atoms with van der Waals surface area (Å²) in [6, 6.07) is 5.01. The fourth-order valence-corrected chi connectivity index (χ4v) is 1.84. The van der Waals surface area contributed by atoms with E-state index in [4.69, 9.17) is 0 Å². The third-order valence-corrected chi connectivity index (χ3v) is 2.79. The van der Waals surface area contributed by atoms with E-state index in [-0.39, 0.29) is 5.82 Å². The summed E-state index contributed by atoms with van der Waals surface area (Å²) in [5, 5.41) is 3.18. The van der Waals surface area contributed by atoms with Crippen molar-refractivity contribution in [3.8, 4) is 0 Å². The second-order valence-corrected chi connectivity index (χ2v) is 4.83. The summed E-state index contributed by atoms with van der Waals surface area (Å²) in [4.78, 5) is 4.26. The molecule has 2 rings (SSSR count). The maximum Gasteiger partial charge on any atom is 0.207 e. The van der Waals surface area contributed by atoms with Crippen LogP contribution in [0.5, 0.6) is 0 Å². The number of imidazole rings is 1. The van der Waals surface area contributed by atoms with Crippen LogP contribution in [0.25, 0.3) is 0 Å². The molecule has 0 aliphatic heterocycles. The van der Waals surface area contributed by atoms with Gasteiger partial charge in [0.25, 0.3) is 0 Å². The molecule has 0 amide bonds. The van der Waals surface area contributed by atoms with Gasteiger partial charge >= 0.3 is 0 Å². The Bertz CT molecular complexity index is 532. The molecule has 96 valence electrons. The molecule has 0 saturated heterocycles. The zero-order chi connectivity index (χ0) is 13.1. The Kier molecular flexibility index (Phi) is 3.65. The van der Waals surface area contributed by atoms with E-state index in [0.29, 0.717) is 11.5 Å². The van der Waals surface area contributed by atoms with Crippen LogP contribution >= 0.6 is 0 Å². The van der Waals surface area contributed by atoms with Gasteiger partial charge in [-0.1, -0.05) is 19.9 Å². The van der Waals surface area contributed by atoms with Gasteiger partial charge in [-0.3, -0.25) is 0 Å². The molecule has 3 nitrogen and oxygen atoms in total. The van der Waals surface area contributed by atoms with E-state index in [9.17, 15) is 4.39 Å². The minimum Gasteiger partial charge on any atom is -0.325 e. The molecule has 0 saturated carbocycles. The van der Waals surface area contributed by atoms with Crippen LogP contribution in [0.1, 0.15) is 19.4 Å². The van der Waals surface area contributed by atoms with Crippen molar-refractivity contribution in [2.45, 2.75) is 27.3 Å². The lowest BCUT2D eigenvalue weighted by Gasteiger charge is -2.13. The van der Waals surface area contributed by atoms with Crippen molar-refractivity contribution in [2.24, 2.45) is 5.92 Å². The number of hydrogen-bond donors (Lipinski definition) is 1. The molecular weight excluding hydrogens is 229 g/mol. The van der Waals surface area contributed by atoms with E-state index in [1.165, 1.54) is 6.07 Å². The highest BCUT2D eigenvalue weighted by Gasteiger charge is 2.08. The van der Waals surface area contributed by atoms with Crippen molar-refractivity contribution in [3.63, 3.8) is 0 Å². The van der Waals surface area contributed by atoms with Crippen LogP contribution in [-0.2, 0) is 6.54 Å². The summed E-state index contributed by atoms with van der Waals surface area (Å²) < 4.78 is 15.5. The number of nitrogens with zero attached hydrogens (tertiary/aromatic N) is 2. The Morgan fingerprint density at radius 2 is 2.17 bits per heavy atom. The molecule has 18 heavy (non-hydrogen) atoms. The van der Waals surface area contributed by atoms with Gasteiger partial charge in [-0.25, -0.2) is 9.37 Å². The lowest BCUT2D eigenvalue weighted by molar-refractivity contribution is 0.527. The van der Waals surface area contributed by atoms with Gasteiger partial charge in [0.2, 0.25) is 5.95 Å². The SMILES string of the molecule is Cc1c(F)cccc1Nc1nccn1CC(C)C. The standard InChI is InChI=1S/C14H18FN3/c1-10(2)9-18-8-7-16-14(18)17-13-6-4-5-12(15)11(13)3/h4-8,10H,9H2,1-3H3,(H,16,17). The molecule has 1 aromatic carbocycles. The summed E-state index contributed by atoms with van der Waals surface area (Å²) in [5.74, 6) is 1.08. The summed E-state index contributed by atoms with van der Waals surface area (Å²) in [7, 11) is 0. The fourth-order valence-electron chi connectivity index (χ4n) is 1.84. The number of hydrogen-bond acceptors (Lipinski definition) is 2. The van der Waals surface area contributed by atoms with Crippen LogP contribution < -0.4 is 5.32 Å². The Morgan fingerprint density at radius 1 is 1.39 bits per heavy atom. The molecule has 0 aliphatic carbocycles. The Morgan fingerprint density at radius 3 is 2.89 bits per heavy atom. The number of benzene rings is 1. The maximum absolute atomic E-state index is 13.5. The molecule has 0 spiro atoms. The summed E-state index contributed by atoms with van der Waals surface area (Å²) >= 11 is 0. The van der Waals surface area contributed by atoms with E-state index in [0.717, 1.165) is 18.2 Å². The summed E-state index contributed by atoms with van der Waals surface area (Å²) in [5.41, 5.74) is 1.36. The van der Waals surface area contributed by atoms with Gasteiger partial charge in [-0.15, -0.1) is 0 Å². The molecule has 0 bridgehead atoms. The number of rotatable bonds is 4. The third-order valence-electron chi connectivity index (χ3n) is 2.79. The van der Waals surface area contributed by atoms with Crippen LogP contribution in [-0.4, -0.2) is 9.55 Å². The van der Waals surface area contributed by atoms with Crippen molar-refractivity contribution < 1.29 is 4.39 Å². The van der Waals surface area contributed by atoms with Gasteiger partial charge < -0.3 is 9.88 Å². The molecule has 0 atom stereocenters. The Hall–Kier alpha value is -1.84. The lowest BCUT2D eigenvalue weighted by atomic mass is 10.2. The molecule has 0 radical (unpaired) electrons. The first-order valence-electron chi connectivity index (χ1n) is 6.11. The predicted molar refractivity (Wildman–Crippen MR) is 71.5 cm³/mol. The highest BCUT2D eigenvalue weighted by atomic mass is 19.1. The average molecular weight is 247 g/mol. The largest absolute Gasteiger partial charge is 0.325 e. The first kappa shape index (κ1) is 12.6. The van der Waals surface area contributed by atoms with Gasteiger partial charge in [0.15, 0.2) is 0 Å². The van der Waals surface area contributed by atoms with Crippen LogP contribution in [0.3, 0.4) is 0 Å². The quantitative estimate of drug-likeness (QED) is 0.892. The summed E-state index contributed by atoms with van der Waals surface area (Å²) in [6.45, 7) is 6.94. The molecular formula is C14H18FN3. The molecule has 0 fully saturated rings. The van der Waals surface area contributed by atoms with Crippen molar-refractivity contribution in [1.82, 2.24) is 9.55 Å². The second-order valence-electron chi connectivity index (χ2n) is 4.83. The van der Waals surface area contributed by atoms with Crippen LogP contribution in [0.2, 0.25) is 0 Å². The Labute approximate surface area is 107 Å². The third kappa shape index (κ3) is 2.70. The normalized spacial score (nSPS) is 10.9. The molecule has 0 aliphatic rings. The first-order chi connectivity index (χ1) is 8.58. The number of anilines is 2. The van der Waals surface area contributed by atoms with E-state index in [2.05, 4.69) is 24.1 Å². The highest BCUT2D eigenvalue weighted by molar-refractivity contribution is 5.58. The van der Waals surface area contributed by atoms with Gasteiger partial charge in [-0.2, -0.15) is 0 Å². The van der Waals surface area contributed by atoms with Crippen molar-refractivity contribution >= 4 is 11.6 Å². The number of halogens is 1. The van der Waals surface area contributed by atoms with Crippen LogP contribution in [0.4, 0.5) is 16.0 Å². The van der Waals surface area contributed by atoms with E-state index in [1.54, 1.807) is 19.2 Å². The fraction of sp³-hybridized carbons (Fsp3) is 0.357. The van der Waals surface area contributed by atoms with Gasteiger partial charge in [0.05, 0.1) is 0 Å². The first-order valence-corrected chi connectivity index (χ1v) is 6.11. The second kappa shape index (κ2) is 5.21. The molecule has 1 aromatic heterocycles.